The molecule has 1 N–H and O–H groups in total. The maximum atomic E-state index is 12.0. The molecular formula is C15H13ClINO. The van der Waals surface area contributed by atoms with Gasteiger partial charge in [0.1, 0.15) is 0 Å². The van der Waals surface area contributed by atoms with Crippen LogP contribution in [0.15, 0.2) is 48.5 Å². The second-order valence-corrected chi connectivity index (χ2v) is 5.71. The van der Waals surface area contributed by atoms with E-state index >= 15 is 0 Å². The molecule has 0 atom stereocenters. The van der Waals surface area contributed by atoms with Crippen LogP contribution in [0.5, 0.6) is 0 Å². The summed E-state index contributed by atoms with van der Waals surface area (Å²) in [5.41, 5.74) is 1.88. The molecule has 0 fully saturated rings. The van der Waals surface area contributed by atoms with E-state index in [1.165, 1.54) is 0 Å². The van der Waals surface area contributed by atoms with Gasteiger partial charge in [0, 0.05) is 15.1 Å². The van der Waals surface area contributed by atoms with Crippen molar-refractivity contribution in [2.45, 2.75) is 6.42 Å². The zero-order chi connectivity index (χ0) is 13.7. The Morgan fingerprint density at radius 1 is 1.11 bits per heavy atom. The van der Waals surface area contributed by atoms with Crippen LogP contribution in [-0.2, 0) is 6.42 Å². The minimum Gasteiger partial charge on any atom is -0.352 e. The maximum absolute atomic E-state index is 12.0. The lowest BCUT2D eigenvalue weighted by Gasteiger charge is -2.07. The molecule has 0 spiro atoms. The second-order valence-electron chi connectivity index (χ2n) is 4.11. The molecule has 0 bridgehead atoms. The van der Waals surface area contributed by atoms with E-state index < -0.39 is 0 Å². The molecule has 0 aliphatic carbocycles. The number of carbonyl (C=O) groups is 1. The first kappa shape index (κ1) is 14.3. The van der Waals surface area contributed by atoms with Gasteiger partial charge in [-0.15, -0.1) is 0 Å². The van der Waals surface area contributed by atoms with Crippen LogP contribution in [0.4, 0.5) is 0 Å². The van der Waals surface area contributed by atoms with Gasteiger partial charge in [-0.05, 0) is 58.8 Å². The second kappa shape index (κ2) is 6.91. The van der Waals surface area contributed by atoms with Gasteiger partial charge in [-0.2, -0.15) is 0 Å². The number of amides is 1. The monoisotopic (exact) mass is 385 g/mol. The molecule has 1 amide bonds. The summed E-state index contributed by atoms with van der Waals surface area (Å²) in [6.45, 7) is 0.617. The van der Waals surface area contributed by atoms with Crippen LogP contribution in [0.2, 0.25) is 5.02 Å². The van der Waals surface area contributed by atoms with Crippen molar-refractivity contribution in [3.63, 3.8) is 0 Å². The minimum atomic E-state index is -0.0287. The van der Waals surface area contributed by atoms with Crippen molar-refractivity contribution in [1.29, 1.82) is 0 Å². The molecule has 2 aromatic rings. The van der Waals surface area contributed by atoms with Crippen LogP contribution >= 0.6 is 34.2 Å². The number of hydrogen-bond donors (Lipinski definition) is 1. The lowest BCUT2D eigenvalue weighted by Crippen LogP contribution is -2.26. The molecule has 0 aliphatic rings. The van der Waals surface area contributed by atoms with Crippen LogP contribution in [-0.4, -0.2) is 12.5 Å². The van der Waals surface area contributed by atoms with Gasteiger partial charge >= 0.3 is 0 Å². The summed E-state index contributed by atoms with van der Waals surface area (Å²) in [6, 6.07) is 15.2. The van der Waals surface area contributed by atoms with Crippen LogP contribution in [0.1, 0.15) is 15.9 Å². The fraction of sp³-hybridized carbons (Fsp3) is 0.133. The van der Waals surface area contributed by atoms with Crippen LogP contribution < -0.4 is 5.32 Å². The van der Waals surface area contributed by atoms with E-state index in [0.29, 0.717) is 6.54 Å². The van der Waals surface area contributed by atoms with E-state index in [1.54, 1.807) is 0 Å². The lowest BCUT2D eigenvalue weighted by molar-refractivity contribution is 0.0953. The van der Waals surface area contributed by atoms with Crippen LogP contribution in [0.3, 0.4) is 0 Å². The number of nitrogens with one attached hydrogen (secondary N) is 1. The number of carbonyl (C=O) groups excluding carboxylic acids is 1. The van der Waals surface area contributed by atoms with E-state index in [-0.39, 0.29) is 5.91 Å². The van der Waals surface area contributed by atoms with Crippen LogP contribution in [0.25, 0.3) is 0 Å². The summed E-state index contributed by atoms with van der Waals surface area (Å²) in [5, 5.41) is 3.65. The molecule has 0 heterocycles. The molecule has 2 aromatic carbocycles. The quantitative estimate of drug-likeness (QED) is 0.794. The van der Waals surface area contributed by atoms with E-state index in [1.807, 2.05) is 48.5 Å². The third-order valence-electron chi connectivity index (χ3n) is 2.73. The Bertz CT molecular complexity index is 569. The predicted octanol–water partition coefficient (Wildman–Crippen LogP) is 3.92. The molecule has 0 saturated heterocycles. The van der Waals surface area contributed by atoms with Gasteiger partial charge in [0.15, 0.2) is 0 Å². The normalized spacial score (nSPS) is 10.2. The van der Waals surface area contributed by atoms with Crippen molar-refractivity contribution < 1.29 is 4.79 Å². The van der Waals surface area contributed by atoms with Gasteiger partial charge < -0.3 is 5.32 Å². The number of halogens is 2. The summed E-state index contributed by atoms with van der Waals surface area (Å²) in [4.78, 5) is 12.0. The topological polar surface area (TPSA) is 29.1 Å². The van der Waals surface area contributed by atoms with Gasteiger partial charge in [-0.3, -0.25) is 4.79 Å². The summed E-state index contributed by atoms with van der Waals surface area (Å²) < 4.78 is 0.962. The summed E-state index contributed by atoms with van der Waals surface area (Å²) in [6.07, 6.45) is 0.798. The Labute approximate surface area is 131 Å². The fourth-order valence-electron chi connectivity index (χ4n) is 1.71. The summed E-state index contributed by atoms with van der Waals surface area (Å²) in [7, 11) is 0. The Balaban J connectivity index is 1.88. The van der Waals surface area contributed by atoms with Gasteiger partial charge in [0.25, 0.3) is 5.91 Å². The Kier molecular flexibility index (Phi) is 5.22. The number of hydrogen-bond acceptors (Lipinski definition) is 1. The maximum Gasteiger partial charge on any atom is 0.252 e. The first-order valence-electron chi connectivity index (χ1n) is 5.94. The minimum absolute atomic E-state index is 0.0287. The molecule has 0 saturated carbocycles. The first-order valence-corrected chi connectivity index (χ1v) is 7.39. The van der Waals surface area contributed by atoms with Crippen LogP contribution in [0, 0.1) is 3.57 Å². The average molecular weight is 386 g/mol. The third kappa shape index (κ3) is 4.21. The molecule has 0 radical (unpaired) electrons. The van der Waals surface area contributed by atoms with Crippen molar-refractivity contribution in [3.05, 3.63) is 68.3 Å². The van der Waals surface area contributed by atoms with E-state index in [2.05, 4.69) is 27.9 Å². The first-order chi connectivity index (χ1) is 9.16. The van der Waals surface area contributed by atoms with Crippen molar-refractivity contribution >= 4 is 40.1 Å². The summed E-state index contributed by atoms with van der Waals surface area (Å²) in [5.74, 6) is -0.0287. The molecule has 0 unspecified atom stereocenters. The SMILES string of the molecule is O=C(NCCc1ccc(Cl)cc1)c1ccccc1I. The Morgan fingerprint density at radius 2 is 1.79 bits per heavy atom. The van der Waals surface area contributed by atoms with Crippen molar-refractivity contribution in [2.75, 3.05) is 6.54 Å². The van der Waals surface area contributed by atoms with Gasteiger partial charge in [-0.25, -0.2) is 0 Å². The molecule has 0 aliphatic heterocycles. The smallest absolute Gasteiger partial charge is 0.252 e. The van der Waals surface area contributed by atoms with E-state index in [9.17, 15) is 4.79 Å². The largest absolute Gasteiger partial charge is 0.352 e. The average Bonchev–Trinajstić information content (AvgIpc) is 2.41. The molecular weight excluding hydrogens is 373 g/mol. The predicted molar refractivity (Wildman–Crippen MR) is 86.6 cm³/mol. The van der Waals surface area contributed by atoms with Crippen molar-refractivity contribution in [3.8, 4) is 0 Å². The zero-order valence-electron chi connectivity index (χ0n) is 10.2. The van der Waals surface area contributed by atoms with Gasteiger partial charge in [-0.1, -0.05) is 35.9 Å². The molecule has 2 nitrogen and oxygen atoms in total. The highest BCUT2D eigenvalue weighted by atomic mass is 127. The van der Waals surface area contributed by atoms with Crippen molar-refractivity contribution in [1.82, 2.24) is 5.32 Å². The molecule has 4 heteroatoms. The number of rotatable bonds is 4. The molecule has 0 aromatic heterocycles. The third-order valence-corrected chi connectivity index (χ3v) is 3.92. The standard InChI is InChI=1S/C15H13ClINO/c16-12-7-5-11(6-8-12)9-10-18-15(19)13-3-1-2-4-14(13)17/h1-8H,9-10H2,(H,18,19). The van der Waals surface area contributed by atoms with E-state index in [0.717, 1.165) is 26.1 Å². The van der Waals surface area contributed by atoms with Gasteiger partial charge in [0.2, 0.25) is 0 Å². The highest BCUT2D eigenvalue weighted by molar-refractivity contribution is 14.1. The molecule has 98 valence electrons. The highest BCUT2D eigenvalue weighted by Gasteiger charge is 2.07. The van der Waals surface area contributed by atoms with Crippen molar-refractivity contribution in [2.24, 2.45) is 0 Å². The summed E-state index contributed by atoms with van der Waals surface area (Å²) >= 11 is 7.99. The van der Waals surface area contributed by atoms with Gasteiger partial charge in [0.05, 0.1) is 5.56 Å². The Hall–Kier alpha value is -1.07. The number of benzene rings is 2. The lowest BCUT2D eigenvalue weighted by atomic mass is 10.1. The highest BCUT2D eigenvalue weighted by Crippen LogP contribution is 2.12. The fourth-order valence-corrected chi connectivity index (χ4v) is 2.47. The zero-order valence-corrected chi connectivity index (χ0v) is 13.1. The molecule has 19 heavy (non-hydrogen) atoms. The Morgan fingerprint density at radius 3 is 2.47 bits per heavy atom. The van der Waals surface area contributed by atoms with E-state index in [4.69, 9.17) is 11.6 Å². The molecule has 2 rings (SSSR count).